The average Bonchev–Trinajstić information content (AvgIpc) is 2.75. The molecule has 20 heavy (non-hydrogen) atoms. The van der Waals surface area contributed by atoms with Crippen LogP contribution in [0.1, 0.15) is 10.6 Å². The predicted molar refractivity (Wildman–Crippen MR) is 83.4 cm³/mol. The lowest BCUT2D eigenvalue weighted by Gasteiger charge is -1.94. The minimum Gasteiger partial charge on any atom is -1.00 e. The van der Waals surface area contributed by atoms with Crippen LogP contribution in [0.25, 0.3) is 22.4 Å². The highest BCUT2D eigenvalue weighted by molar-refractivity contribution is 7.18. The summed E-state index contributed by atoms with van der Waals surface area (Å²) >= 11 is 7.94. The topological polar surface area (TPSA) is 3.88 Å². The number of hydrogen-bond donors (Lipinski definition) is 0. The van der Waals surface area contributed by atoms with Gasteiger partial charge in [0.1, 0.15) is 11.7 Å². The standard InChI is InChI=1S/C16H13ClNS.ClH/c1-18-14-8-4-5-9-15(14)19-16(18)11-10-12-6-2-3-7-13(12)17;/h2-11H,1H3;1H/q+1;/p-1. The molecule has 3 rings (SSSR count). The quantitative estimate of drug-likeness (QED) is 0.631. The SMILES string of the molecule is C[n+]1c(C=Cc2ccccc2Cl)sc2ccccc21.[Cl-]. The lowest BCUT2D eigenvalue weighted by Crippen LogP contribution is -3.00. The maximum Gasteiger partial charge on any atom is 0.262 e. The van der Waals surface area contributed by atoms with E-state index < -0.39 is 0 Å². The Kier molecular flexibility index (Phi) is 4.81. The van der Waals surface area contributed by atoms with Crippen molar-refractivity contribution in [2.45, 2.75) is 0 Å². The monoisotopic (exact) mass is 321 g/mol. The molecule has 0 bridgehead atoms. The third-order valence-corrected chi connectivity index (χ3v) is 4.61. The van der Waals surface area contributed by atoms with Crippen LogP contribution in [0.15, 0.2) is 48.5 Å². The van der Waals surface area contributed by atoms with Gasteiger partial charge in [-0.15, -0.1) is 0 Å². The number of thiazole rings is 1. The molecule has 0 N–H and O–H groups in total. The maximum absolute atomic E-state index is 6.15. The lowest BCUT2D eigenvalue weighted by atomic mass is 10.2. The second-order valence-electron chi connectivity index (χ2n) is 4.32. The van der Waals surface area contributed by atoms with E-state index in [9.17, 15) is 0 Å². The zero-order chi connectivity index (χ0) is 13.2. The van der Waals surface area contributed by atoms with E-state index in [1.807, 2.05) is 24.3 Å². The van der Waals surface area contributed by atoms with Crippen molar-refractivity contribution in [1.82, 2.24) is 0 Å². The first-order chi connectivity index (χ1) is 9.25. The van der Waals surface area contributed by atoms with E-state index in [1.165, 1.54) is 15.2 Å². The fourth-order valence-electron chi connectivity index (χ4n) is 2.04. The number of benzene rings is 2. The molecule has 0 aliphatic carbocycles. The molecule has 4 heteroatoms. The summed E-state index contributed by atoms with van der Waals surface area (Å²) < 4.78 is 3.50. The largest absolute Gasteiger partial charge is 1.00 e. The summed E-state index contributed by atoms with van der Waals surface area (Å²) in [7, 11) is 2.09. The second-order valence-corrected chi connectivity index (χ2v) is 5.79. The molecule has 0 amide bonds. The van der Waals surface area contributed by atoms with E-state index in [4.69, 9.17) is 11.6 Å². The third-order valence-electron chi connectivity index (χ3n) is 3.08. The van der Waals surface area contributed by atoms with Gasteiger partial charge in [0.15, 0.2) is 0 Å². The van der Waals surface area contributed by atoms with E-state index in [1.54, 1.807) is 11.3 Å². The number of hydrogen-bond acceptors (Lipinski definition) is 1. The van der Waals surface area contributed by atoms with Gasteiger partial charge in [0.25, 0.3) is 5.01 Å². The normalized spacial score (nSPS) is 10.9. The third kappa shape index (κ3) is 2.88. The summed E-state index contributed by atoms with van der Waals surface area (Å²) in [5.41, 5.74) is 2.30. The van der Waals surface area contributed by atoms with E-state index in [0.29, 0.717) is 0 Å². The zero-order valence-electron chi connectivity index (χ0n) is 10.9. The van der Waals surface area contributed by atoms with Crippen molar-refractivity contribution in [1.29, 1.82) is 0 Å². The van der Waals surface area contributed by atoms with Crippen molar-refractivity contribution in [2.75, 3.05) is 0 Å². The Labute approximate surface area is 133 Å². The van der Waals surface area contributed by atoms with Crippen LogP contribution >= 0.6 is 22.9 Å². The summed E-state index contributed by atoms with van der Waals surface area (Å²) in [5, 5.41) is 1.99. The van der Waals surface area contributed by atoms with Gasteiger partial charge in [0.05, 0.1) is 0 Å². The van der Waals surface area contributed by atoms with Crippen molar-refractivity contribution in [2.24, 2.45) is 7.05 Å². The molecule has 0 radical (unpaired) electrons. The molecule has 0 spiro atoms. The van der Waals surface area contributed by atoms with Crippen LogP contribution in [0.5, 0.6) is 0 Å². The Morgan fingerprint density at radius 2 is 1.70 bits per heavy atom. The Hall–Kier alpha value is -1.35. The molecule has 102 valence electrons. The van der Waals surface area contributed by atoms with Gasteiger partial charge in [0.2, 0.25) is 5.52 Å². The van der Waals surface area contributed by atoms with Gasteiger partial charge < -0.3 is 12.4 Å². The molecule has 0 unspecified atom stereocenters. The van der Waals surface area contributed by atoms with Crippen LogP contribution in [0.4, 0.5) is 0 Å². The molecular formula is C16H13Cl2NS. The van der Waals surface area contributed by atoms with Gasteiger partial charge in [-0.1, -0.05) is 53.3 Å². The van der Waals surface area contributed by atoms with E-state index in [-0.39, 0.29) is 12.4 Å². The molecule has 0 aliphatic heterocycles. The molecule has 1 heterocycles. The molecule has 0 aliphatic rings. The van der Waals surface area contributed by atoms with Gasteiger partial charge >= 0.3 is 0 Å². The van der Waals surface area contributed by atoms with Gasteiger partial charge in [-0.05, 0) is 23.8 Å². The number of aryl methyl sites for hydroxylation is 1. The van der Waals surface area contributed by atoms with E-state index >= 15 is 0 Å². The lowest BCUT2D eigenvalue weighted by molar-refractivity contribution is -0.642. The van der Waals surface area contributed by atoms with Crippen LogP contribution < -0.4 is 17.0 Å². The minimum atomic E-state index is 0. The second kappa shape index (κ2) is 6.40. The summed E-state index contributed by atoms with van der Waals surface area (Å²) in [6, 6.07) is 16.3. The first-order valence-corrected chi connectivity index (χ1v) is 7.25. The maximum atomic E-state index is 6.15. The number of rotatable bonds is 2. The van der Waals surface area contributed by atoms with Crippen LogP contribution in [0.3, 0.4) is 0 Å². The zero-order valence-corrected chi connectivity index (χ0v) is 13.2. The Morgan fingerprint density at radius 3 is 2.45 bits per heavy atom. The van der Waals surface area contributed by atoms with Crippen LogP contribution in [-0.4, -0.2) is 0 Å². The number of nitrogens with zero attached hydrogens (tertiary/aromatic N) is 1. The number of para-hydroxylation sites is 1. The smallest absolute Gasteiger partial charge is 0.262 e. The highest BCUT2D eigenvalue weighted by Crippen LogP contribution is 2.22. The highest BCUT2D eigenvalue weighted by Gasteiger charge is 2.13. The molecule has 0 saturated heterocycles. The van der Waals surface area contributed by atoms with Crippen molar-refractivity contribution in [3.05, 3.63) is 64.1 Å². The van der Waals surface area contributed by atoms with Crippen molar-refractivity contribution >= 4 is 45.3 Å². The molecule has 1 nitrogen and oxygen atoms in total. The van der Waals surface area contributed by atoms with Crippen molar-refractivity contribution < 1.29 is 17.0 Å². The number of aromatic nitrogens is 1. The van der Waals surface area contributed by atoms with Crippen LogP contribution in [0, 0.1) is 0 Å². The van der Waals surface area contributed by atoms with Gasteiger partial charge in [0, 0.05) is 17.2 Å². The summed E-state index contributed by atoms with van der Waals surface area (Å²) in [5.74, 6) is 0. The van der Waals surface area contributed by atoms with Crippen LogP contribution in [-0.2, 0) is 7.05 Å². The first kappa shape index (κ1) is 15.0. The van der Waals surface area contributed by atoms with Gasteiger partial charge in [-0.3, -0.25) is 0 Å². The minimum absolute atomic E-state index is 0. The van der Waals surface area contributed by atoms with Gasteiger partial charge in [-0.25, -0.2) is 0 Å². The molecule has 0 atom stereocenters. The molecule has 3 aromatic rings. The van der Waals surface area contributed by atoms with Crippen molar-refractivity contribution in [3.63, 3.8) is 0 Å². The highest BCUT2D eigenvalue weighted by atomic mass is 35.5. The van der Waals surface area contributed by atoms with Crippen molar-refractivity contribution in [3.8, 4) is 0 Å². The molecule has 2 aromatic carbocycles. The number of fused-ring (bicyclic) bond motifs is 1. The average molecular weight is 322 g/mol. The Bertz CT molecular complexity index is 762. The molecule has 0 saturated carbocycles. The predicted octanol–water partition coefficient (Wildman–Crippen LogP) is 1.55. The Balaban J connectivity index is 0.00000147. The summed E-state index contributed by atoms with van der Waals surface area (Å²) in [6.07, 6.45) is 4.18. The van der Waals surface area contributed by atoms with Crippen LogP contribution in [0.2, 0.25) is 5.02 Å². The Morgan fingerprint density at radius 1 is 1.00 bits per heavy atom. The summed E-state index contributed by atoms with van der Waals surface area (Å²) in [4.78, 5) is 0. The fraction of sp³-hybridized carbons (Fsp3) is 0.0625. The summed E-state index contributed by atoms with van der Waals surface area (Å²) in [6.45, 7) is 0. The fourth-order valence-corrected chi connectivity index (χ4v) is 3.29. The molecule has 1 aromatic heterocycles. The molecular weight excluding hydrogens is 309 g/mol. The molecule has 0 fully saturated rings. The number of halogens is 2. The van der Waals surface area contributed by atoms with Gasteiger partial charge in [-0.2, -0.15) is 4.57 Å². The first-order valence-electron chi connectivity index (χ1n) is 6.06. The van der Waals surface area contributed by atoms with E-state index in [0.717, 1.165) is 10.6 Å². The van der Waals surface area contributed by atoms with E-state index in [2.05, 4.69) is 48.0 Å².